The van der Waals surface area contributed by atoms with Crippen molar-refractivity contribution in [3.05, 3.63) is 76.2 Å². The minimum Gasteiger partial charge on any atom is -0.462 e. The average Bonchev–Trinajstić information content (AvgIpc) is 3.43. The van der Waals surface area contributed by atoms with Crippen LogP contribution in [0.2, 0.25) is 0 Å². The molecule has 3 amide bonds. The number of nitrogens with zero attached hydrogens (tertiary/aromatic N) is 1. The second kappa shape index (κ2) is 11.6. The van der Waals surface area contributed by atoms with Crippen molar-refractivity contribution in [1.29, 1.82) is 0 Å². The summed E-state index contributed by atoms with van der Waals surface area (Å²) in [4.78, 5) is 65.3. The molecule has 2 aromatic carbocycles. The van der Waals surface area contributed by atoms with E-state index in [1.165, 1.54) is 12.1 Å². The van der Waals surface area contributed by atoms with Crippen LogP contribution in [-0.2, 0) is 19.1 Å². The molecule has 9 nitrogen and oxygen atoms in total. The second-order valence-electron chi connectivity index (χ2n) is 9.31. The van der Waals surface area contributed by atoms with E-state index in [2.05, 4.69) is 5.32 Å². The predicted molar refractivity (Wildman–Crippen MR) is 146 cm³/mol. The minimum atomic E-state index is -1.21. The maximum Gasteiger partial charge on any atom is 0.341 e. The summed E-state index contributed by atoms with van der Waals surface area (Å²) in [6.45, 7) is 6.48. The Kier molecular flexibility index (Phi) is 8.25. The zero-order valence-corrected chi connectivity index (χ0v) is 22.8. The lowest BCUT2D eigenvalue weighted by Crippen LogP contribution is -2.49. The highest BCUT2D eigenvalue weighted by Crippen LogP contribution is 2.36. The van der Waals surface area contributed by atoms with Gasteiger partial charge in [0.05, 0.1) is 17.7 Å². The third kappa shape index (κ3) is 5.61. The number of carbonyl (C=O) groups excluding carboxylic acids is 5. The number of amides is 3. The third-order valence-corrected chi connectivity index (χ3v) is 7.10. The fourth-order valence-electron chi connectivity index (χ4n) is 4.32. The van der Waals surface area contributed by atoms with Gasteiger partial charge in [-0.1, -0.05) is 55.8 Å². The van der Waals surface area contributed by atoms with E-state index in [1.54, 1.807) is 38.3 Å². The molecule has 0 bridgehead atoms. The molecule has 0 radical (unpaired) electrons. The summed E-state index contributed by atoms with van der Waals surface area (Å²) in [5, 5.41) is 4.63. The van der Waals surface area contributed by atoms with Gasteiger partial charge in [-0.05, 0) is 37.5 Å². The van der Waals surface area contributed by atoms with Crippen molar-refractivity contribution in [3.63, 3.8) is 0 Å². The first kappa shape index (κ1) is 27.7. The largest absolute Gasteiger partial charge is 0.462 e. The molecule has 1 N–H and O–H groups in total. The number of ether oxygens (including phenoxy) is 2. The van der Waals surface area contributed by atoms with E-state index in [-0.39, 0.29) is 28.3 Å². The standard InChI is InChI=1S/C29H28N2O7S/c1-5-37-28(35)23-21(18-12-10-17(4)11-13-18)15-39-25(23)30-22(32)14-38-29(36)24(16(2)3)31-26(33)19-8-6-7-9-20(19)27(31)34/h6-13,15-16,24H,5,14H2,1-4H3,(H,30,32)/t24-/m1/s1. The Bertz CT molecular complexity index is 1410. The Labute approximate surface area is 229 Å². The van der Waals surface area contributed by atoms with Crippen molar-refractivity contribution in [2.24, 2.45) is 5.92 Å². The molecule has 0 spiro atoms. The summed E-state index contributed by atoms with van der Waals surface area (Å²) in [5.74, 6) is -3.79. The fraction of sp³-hybridized carbons (Fsp3) is 0.276. The van der Waals surface area contributed by atoms with Gasteiger partial charge in [-0.2, -0.15) is 0 Å². The van der Waals surface area contributed by atoms with Crippen LogP contribution in [0.4, 0.5) is 5.00 Å². The quantitative estimate of drug-likeness (QED) is 0.304. The number of imide groups is 1. The van der Waals surface area contributed by atoms with Gasteiger partial charge in [-0.3, -0.25) is 19.3 Å². The zero-order chi connectivity index (χ0) is 28.3. The Balaban J connectivity index is 1.48. The molecule has 1 atom stereocenters. The first-order valence-electron chi connectivity index (χ1n) is 12.4. The van der Waals surface area contributed by atoms with E-state index in [4.69, 9.17) is 9.47 Å². The molecular formula is C29H28N2O7S. The smallest absolute Gasteiger partial charge is 0.341 e. The Hall–Kier alpha value is -4.31. The van der Waals surface area contributed by atoms with E-state index < -0.39 is 48.2 Å². The molecular weight excluding hydrogens is 520 g/mol. The molecule has 0 saturated carbocycles. The molecule has 39 heavy (non-hydrogen) atoms. The van der Waals surface area contributed by atoms with Gasteiger partial charge in [-0.25, -0.2) is 9.59 Å². The van der Waals surface area contributed by atoms with Crippen LogP contribution in [0.5, 0.6) is 0 Å². The normalized spacial score (nSPS) is 13.3. The van der Waals surface area contributed by atoms with E-state index in [0.29, 0.717) is 5.56 Å². The van der Waals surface area contributed by atoms with Gasteiger partial charge in [0, 0.05) is 10.9 Å². The first-order valence-corrected chi connectivity index (χ1v) is 13.3. The van der Waals surface area contributed by atoms with Crippen LogP contribution in [0.15, 0.2) is 53.9 Å². The van der Waals surface area contributed by atoms with Gasteiger partial charge in [0.15, 0.2) is 6.61 Å². The van der Waals surface area contributed by atoms with Crippen LogP contribution in [0, 0.1) is 12.8 Å². The molecule has 0 aliphatic carbocycles. The number of fused-ring (bicyclic) bond motifs is 1. The fourth-order valence-corrected chi connectivity index (χ4v) is 5.30. The number of aryl methyl sites for hydroxylation is 1. The van der Waals surface area contributed by atoms with Crippen molar-refractivity contribution in [2.45, 2.75) is 33.7 Å². The van der Waals surface area contributed by atoms with Crippen LogP contribution in [0.3, 0.4) is 0 Å². The van der Waals surface area contributed by atoms with Gasteiger partial charge < -0.3 is 14.8 Å². The molecule has 2 heterocycles. The van der Waals surface area contributed by atoms with Crippen molar-refractivity contribution in [3.8, 4) is 11.1 Å². The lowest BCUT2D eigenvalue weighted by Gasteiger charge is -2.27. The van der Waals surface area contributed by atoms with E-state index >= 15 is 0 Å². The Morgan fingerprint density at radius 2 is 1.54 bits per heavy atom. The number of esters is 2. The summed E-state index contributed by atoms with van der Waals surface area (Å²) in [6, 6.07) is 12.7. The van der Waals surface area contributed by atoms with Gasteiger partial charge in [-0.15, -0.1) is 11.3 Å². The highest BCUT2D eigenvalue weighted by atomic mass is 32.1. The number of thiophene rings is 1. The number of rotatable bonds is 9. The molecule has 0 fully saturated rings. The topological polar surface area (TPSA) is 119 Å². The van der Waals surface area contributed by atoms with Crippen molar-refractivity contribution in [2.75, 3.05) is 18.5 Å². The summed E-state index contributed by atoms with van der Waals surface area (Å²) in [6.07, 6.45) is 0. The number of nitrogens with one attached hydrogen (secondary N) is 1. The van der Waals surface area contributed by atoms with Crippen LogP contribution in [0.25, 0.3) is 11.1 Å². The summed E-state index contributed by atoms with van der Waals surface area (Å²) >= 11 is 1.15. The molecule has 0 saturated heterocycles. The molecule has 1 aliphatic heterocycles. The number of hydrogen-bond acceptors (Lipinski definition) is 8. The predicted octanol–water partition coefficient (Wildman–Crippen LogP) is 4.70. The average molecular weight is 549 g/mol. The zero-order valence-electron chi connectivity index (χ0n) is 22.0. The first-order chi connectivity index (χ1) is 18.6. The summed E-state index contributed by atoms with van der Waals surface area (Å²) in [7, 11) is 0. The molecule has 0 unspecified atom stereocenters. The highest BCUT2D eigenvalue weighted by molar-refractivity contribution is 7.15. The van der Waals surface area contributed by atoms with Gasteiger partial charge in [0.2, 0.25) is 0 Å². The summed E-state index contributed by atoms with van der Waals surface area (Å²) in [5.41, 5.74) is 3.09. The van der Waals surface area contributed by atoms with Gasteiger partial charge in [0.25, 0.3) is 17.7 Å². The van der Waals surface area contributed by atoms with Crippen LogP contribution in [-0.4, -0.2) is 53.8 Å². The lowest BCUT2D eigenvalue weighted by atomic mass is 10.0. The minimum absolute atomic E-state index is 0.154. The van der Waals surface area contributed by atoms with Crippen molar-refractivity contribution >= 4 is 46.0 Å². The monoisotopic (exact) mass is 548 g/mol. The molecule has 202 valence electrons. The van der Waals surface area contributed by atoms with Gasteiger partial charge in [0.1, 0.15) is 16.6 Å². The third-order valence-electron chi connectivity index (χ3n) is 6.21. The Morgan fingerprint density at radius 1 is 0.923 bits per heavy atom. The number of anilines is 1. The molecule has 3 aromatic rings. The van der Waals surface area contributed by atoms with E-state index in [9.17, 15) is 24.0 Å². The Morgan fingerprint density at radius 3 is 2.10 bits per heavy atom. The van der Waals surface area contributed by atoms with Crippen molar-refractivity contribution < 1.29 is 33.4 Å². The number of hydrogen-bond donors (Lipinski definition) is 1. The van der Waals surface area contributed by atoms with Crippen LogP contribution < -0.4 is 5.32 Å². The van der Waals surface area contributed by atoms with Crippen molar-refractivity contribution in [1.82, 2.24) is 4.90 Å². The maximum atomic E-state index is 13.0. The molecule has 10 heteroatoms. The van der Waals surface area contributed by atoms with Gasteiger partial charge >= 0.3 is 11.9 Å². The molecule has 1 aliphatic rings. The number of carbonyl (C=O) groups is 5. The van der Waals surface area contributed by atoms with Crippen LogP contribution >= 0.6 is 11.3 Å². The second-order valence-corrected chi connectivity index (χ2v) is 10.2. The highest BCUT2D eigenvalue weighted by Gasteiger charge is 2.44. The van der Waals surface area contributed by atoms with E-state index in [1.807, 2.05) is 31.2 Å². The molecule has 4 rings (SSSR count). The molecule has 1 aromatic heterocycles. The lowest BCUT2D eigenvalue weighted by molar-refractivity contribution is -0.152. The number of benzene rings is 2. The SMILES string of the molecule is CCOC(=O)c1c(-c2ccc(C)cc2)csc1NC(=O)COC(=O)[C@@H](C(C)C)N1C(=O)c2ccccc2C1=O. The summed E-state index contributed by atoms with van der Waals surface area (Å²) < 4.78 is 10.5. The maximum absolute atomic E-state index is 13.0. The van der Waals surface area contributed by atoms with E-state index in [0.717, 1.165) is 27.4 Å². The van der Waals surface area contributed by atoms with Crippen LogP contribution in [0.1, 0.15) is 57.4 Å².